The van der Waals surface area contributed by atoms with Gasteiger partial charge in [0.2, 0.25) is 5.91 Å². The maximum atomic E-state index is 12.4. The van der Waals surface area contributed by atoms with Crippen LogP contribution in [0.4, 0.5) is 0 Å². The molecule has 1 aliphatic rings. The van der Waals surface area contributed by atoms with E-state index in [0.717, 1.165) is 38.2 Å². The molecule has 0 aromatic heterocycles. The molecule has 5 nitrogen and oxygen atoms in total. The Labute approximate surface area is 110 Å². The smallest absolute Gasteiger partial charge is 0.230 e. The van der Waals surface area contributed by atoms with Gasteiger partial charge in [0.05, 0.1) is 5.41 Å². The number of rotatable bonds is 4. The van der Waals surface area contributed by atoms with Crippen molar-refractivity contribution >= 4 is 11.9 Å². The number of aliphatic imine (C=N–C) groups is 1. The number of guanidine groups is 1. The molecule has 0 bridgehead atoms. The van der Waals surface area contributed by atoms with Crippen molar-refractivity contribution in [1.82, 2.24) is 15.5 Å². The van der Waals surface area contributed by atoms with Crippen LogP contribution in [0.15, 0.2) is 4.99 Å². The molecule has 0 saturated heterocycles. The van der Waals surface area contributed by atoms with E-state index in [1.807, 2.05) is 21.0 Å². The van der Waals surface area contributed by atoms with Gasteiger partial charge in [-0.05, 0) is 19.8 Å². The van der Waals surface area contributed by atoms with Crippen LogP contribution in [0.25, 0.3) is 0 Å². The molecule has 0 radical (unpaired) electrons. The zero-order chi connectivity index (χ0) is 13.6. The fraction of sp³-hybridized carbons (Fsp3) is 0.846. The van der Waals surface area contributed by atoms with E-state index in [0.29, 0.717) is 6.54 Å². The monoisotopic (exact) mass is 254 g/mol. The highest BCUT2D eigenvalue weighted by atomic mass is 16.2. The van der Waals surface area contributed by atoms with Gasteiger partial charge in [0.15, 0.2) is 5.96 Å². The van der Waals surface area contributed by atoms with Gasteiger partial charge in [0, 0.05) is 34.2 Å². The van der Waals surface area contributed by atoms with Crippen molar-refractivity contribution in [3.05, 3.63) is 0 Å². The number of nitrogens with zero attached hydrogens (tertiary/aromatic N) is 2. The van der Waals surface area contributed by atoms with E-state index in [4.69, 9.17) is 0 Å². The number of carbonyl (C=O) groups is 1. The second-order valence-electron chi connectivity index (χ2n) is 5.14. The van der Waals surface area contributed by atoms with E-state index < -0.39 is 0 Å². The summed E-state index contributed by atoms with van der Waals surface area (Å²) in [4.78, 5) is 18.2. The first-order valence-corrected chi connectivity index (χ1v) is 6.72. The second kappa shape index (κ2) is 6.61. The zero-order valence-corrected chi connectivity index (χ0v) is 12.0. The predicted octanol–water partition coefficient (Wildman–Crippen LogP) is 0.820. The summed E-state index contributed by atoms with van der Waals surface area (Å²) in [5, 5.41) is 6.44. The van der Waals surface area contributed by atoms with Crippen LogP contribution in [0.3, 0.4) is 0 Å². The Hall–Kier alpha value is -1.26. The molecule has 0 atom stereocenters. The van der Waals surface area contributed by atoms with Crippen molar-refractivity contribution in [2.45, 2.75) is 32.6 Å². The van der Waals surface area contributed by atoms with Gasteiger partial charge in [-0.15, -0.1) is 0 Å². The van der Waals surface area contributed by atoms with Crippen LogP contribution >= 0.6 is 0 Å². The van der Waals surface area contributed by atoms with E-state index in [9.17, 15) is 4.79 Å². The number of hydrogen-bond donors (Lipinski definition) is 2. The summed E-state index contributed by atoms with van der Waals surface area (Å²) in [6, 6.07) is 0. The van der Waals surface area contributed by atoms with Gasteiger partial charge in [0.1, 0.15) is 0 Å². The predicted molar refractivity (Wildman–Crippen MR) is 74.6 cm³/mol. The van der Waals surface area contributed by atoms with Gasteiger partial charge in [-0.1, -0.05) is 12.8 Å². The van der Waals surface area contributed by atoms with Crippen molar-refractivity contribution in [3.63, 3.8) is 0 Å². The highest BCUT2D eigenvalue weighted by molar-refractivity contribution is 5.85. The van der Waals surface area contributed by atoms with Crippen LogP contribution in [0, 0.1) is 5.41 Å². The third-order valence-corrected chi connectivity index (χ3v) is 3.58. The topological polar surface area (TPSA) is 56.7 Å². The number of hydrogen-bond acceptors (Lipinski definition) is 2. The summed E-state index contributed by atoms with van der Waals surface area (Å²) < 4.78 is 0. The Morgan fingerprint density at radius 2 is 1.89 bits per heavy atom. The number of carbonyl (C=O) groups excluding carboxylic acids is 1. The molecule has 1 amide bonds. The second-order valence-corrected chi connectivity index (χ2v) is 5.14. The Morgan fingerprint density at radius 1 is 1.28 bits per heavy atom. The van der Waals surface area contributed by atoms with Gasteiger partial charge in [-0.3, -0.25) is 9.79 Å². The first-order chi connectivity index (χ1) is 8.55. The molecule has 1 aliphatic carbocycles. The molecular weight excluding hydrogens is 228 g/mol. The third kappa shape index (κ3) is 3.37. The first-order valence-electron chi connectivity index (χ1n) is 6.72. The summed E-state index contributed by atoms with van der Waals surface area (Å²) in [5.74, 6) is 1.01. The Kier molecular flexibility index (Phi) is 5.44. The lowest BCUT2D eigenvalue weighted by Gasteiger charge is -2.31. The van der Waals surface area contributed by atoms with Gasteiger partial charge < -0.3 is 15.5 Å². The van der Waals surface area contributed by atoms with Crippen LogP contribution in [0.5, 0.6) is 0 Å². The fourth-order valence-corrected chi connectivity index (χ4v) is 2.63. The Balaban J connectivity index is 2.66. The molecular formula is C13H26N4O. The number of amides is 1. The van der Waals surface area contributed by atoms with Gasteiger partial charge in [-0.25, -0.2) is 0 Å². The van der Waals surface area contributed by atoms with Gasteiger partial charge >= 0.3 is 0 Å². The lowest BCUT2D eigenvalue weighted by atomic mass is 9.84. The van der Waals surface area contributed by atoms with E-state index in [1.54, 1.807) is 11.9 Å². The minimum absolute atomic E-state index is 0.236. The van der Waals surface area contributed by atoms with Crippen LogP contribution in [0.1, 0.15) is 32.6 Å². The highest BCUT2D eigenvalue weighted by Gasteiger charge is 2.41. The van der Waals surface area contributed by atoms with Gasteiger partial charge in [0.25, 0.3) is 0 Å². The molecule has 1 fully saturated rings. The lowest BCUT2D eigenvalue weighted by Crippen LogP contribution is -2.49. The highest BCUT2D eigenvalue weighted by Crippen LogP contribution is 2.38. The summed E-state index contributed by atoms with van der Waals surface area (Å²) in [6.07, 6.45) is 4.22. The molecule has 0 spiro atoms. The van der Waals surface area contributed by atoms with E-state index in [2.05, 4.69) is 15.6 Å². The average Bonchev–Trinajstić information content (AvgIpc) is 2.83. The molecule has 0 aliphatic heterocycles. The normalized spacial score (nSPS) is 18.6. The van der Waals surface area contributed by atoms with Gasteiger partial charge in [-0.2, -0.15) is 0 Å². The van der Waals surface area contributed by atoms with Crippen molar-refractivity contribution in [2.75, 3.05) is 34.2 Å². The quantitative estimate of drug-likeness (QED) is 0.577. The van der Waals surface area contributed by atoms with Crippen molar-refractivity contribution in [3.8, 4) is 0 Å². The maximum Gasteiger partial charge on any atom is 0.230 e. The van der Waals surface area contributed by atoms with Crippen LogP contribution in [0.2, 0.25) is 0 Å². The SMILES string of the molecule is CCNC(=NC)NCC1(C(=O)N(C)C)CCCC1. The molecule has 0 aromatic rings. The fourth-order valence-electron chi connectivity index (χ4n) is 2.63. The number of nitrogens with one attached hydrogen (secondary N) is 2. The minimum Gasteiger partial charge on any atom is -0.357 e. The minimum atomic E-state index is -0.241. The summed E-state index contributed by atoms with van der Waals surface area (Å²) in [6.45, 7) is 3.53. The van der Waals surface area contributed by atoms with Crippen molar-refractivity contribution < 1.29 is 4.79 Å². The zero-order valence-electron chi connectivity index (χ0n) is 12.0. The summed E-state index contributed by atoms with van der Waals surface area (Å²) in [7, 11) is 5.42. The van der Waals surface area contributed by atoms with Crippen LogP contribution < -0.4 is 10.6 Å². The third-order valence-electron chi connectivity index (χ3n) is 3.58. The van der Waals surface area contributed by atoms with E-state index in [1.165, 1.54) is 0 Å². The van der Waals surface area contributed by atoms with Crippen LogP contribution in [-0.4, -0.2) is 51.0 Å². The molecule has 1 rings (SSSR count). The maximum absolute atomic E-state index is 12.4. The van der Waals surface area contributed by atoms with Crippen molar-refractivity contribution in [2.24, 2.45) is 10.4 Å². The molecule has 5 heteroatoms. The largest absolute Gasteiger partial charge is 0.357 e. The summed E-state index contributed by atoms with van der Waals surface area (Å²) >= 11 is 0. The molecule has 0 aromatic carbocycles. The van der Waals surface area contributed by atoms with Crippen molar-refractivity contribution in [1.29, 1.82) is 0 Å². The van der Waals surface area contributed by atoms with E-state index >= 15 is 0 Å². The molecule has 2 N–H and O–H groups in total. The first kappa shape index (κ1) is 14.8. The Morgan fingerprint density at radius 3 is 2.33 bits per heavy atom. The lowest BCUT2D eigenvalue weighted by molar-refractivity contribution is -0.138. The summed E-state index contributed by atoms with van der Waals surface area (Å²) in [5.41, 5.74) is -0.241. The average molecular weight is 254 g/mol. The molecule has 104 valence electrons. The molecule has 0 heterocycles. The Bertz CT molecular complexity index is 306. The molecule has 1 saturated carbocycles. The van der Waals surface area contributed by atoms with E-state index in [-0.39, 0.29) is 11.3 Å². The molecule has 18 heavy (non-hydrogen) atoms. The van der Waals surface area contributed by atoms with Crippen LogP contribution in [-0.2, 0) is 4.79 Å². The molecule has 0 unspecified atom stereocenters. The standard InChI is InChI=1S/C13H26N4O/c1-5-15-12(14-2)16-10-13(8-6-7-9-13)11(18)17(3)4/h5-10H2,1-4H3,(H2,14,15,16).